The number of nitrogens with zero attached hydrogens (tertiary/aromatic N) is 2. The predicted molar refractivity (Wildman–Crippen MR) is 132 cm³/mol. The zero-order valence-corrected chi connectivity index (χ0v) is 21.5. The van der Waals surface area contributed by atoms with E-state index in [1.807, 2.05) is 30.3 Å². The lowest BCUT2D eigenvalue weighted by molar-refractivity contribution is -0.129. The summed E-state index contributed by atoms with van der Waals surface area (Å²) in [6.07, 6.45) is 0.442. The van der Waals surface area contributed by atoms with E-state index in [2.05, 4.69) is 39.0 Å². The van der Waals surface area contributed by atoms with Crippen molar-refractivity contribution in [2.75, 3.05) is 6.61 Å². The van der Waals surface area contributed by atoms with Gasteiger partial charge in [-0.3, -0.25) is 4.79 Å². The van der Waals surface area contributed by atoms with Crippen LogP contribution in [0.15, 0.2) is 59.8 Å². The third kappa shape index (κ3) is 6.11. The minimum atomic E-state index is -2.15. The molecule has 1 heterocycles. The highest BCUT2D eigenvalue weighted by atomic mass is 28.4. The van der Waals surface area contributed by atoms with E-state index in [9.17, 15) is 14.0 Å². The van der Waals surface area contributed by atoms with Gasteiger partial charge < -0.3 is 9.26 Å². The van der Waals surface area contributed by atoms with E-state index in [0.717, 1.165) is 11.1 Å². The number of cyclic esters (lactones) is 1. The summed E-state index contributed by atoms with van der Waals surface area (Å²) >= 11 is 0. The van der Waals surface area contributed by atoms with Gasteiger partial charge in [0.2, 0.25) is 5.91 Å². The molecular weight excluding hydrogens is 451 g/mol. The molecule has 6 nitrogen and oxygen atoms in total. The molecule has 1 unspecified atom stereocenters. The Labute approximate surface area is 201 Å². The van der Waals surface area contributed by atoms with E-state index in [1.165, 1.54) is 17.0 Å². The number of carbonyl (C=O) groups excluding carboxylic acids is 2. The van der Waals surface area contributed by atoms with Crippen LogP contribution < -0.4 is 0 Å². The van der Waals surface area contributed by atoms with Gasteiger partial charge in [0.25, 0.3) is 8.32 Å². The first-order valence-corrected chi connectivity index (χ1v) is 14.5. The van der Waals surface area contributed by atoms with Crippen LogP contribution in [0.25, 0.3) is 0 Å². The molecule has 0 spiro atoms. The van der Waals surface area contributed by atoms with Crippen LogP contribution in [0.2, 0.25) is 18.1 Å². The van der Waals surface area contributed by atoms with Gasteiger partial charge in [0, 0.05) is 6.42 Å². The predicted octanol–water partition coefficient (Wildman–Crippen LogP) is 6.44. The standard InChI is InChI=1S/C26H33FN2O4Si/c1-26(2,3)34(4,5)33-28-22(19-14-16-21(27)17-15-19)12-9-13-24(30)29-23(18-32-25(29)31)20-10-7-6-8-11-20/h6-8,10-11,14-17,23H,9,12-13,18H2,1-5H3. The van der Waals surface area contributed by atoms with E-state index in [4.69, 9.17) is 9.26 Å². The number of hydrogen-bond acceptors (Lipinski definition) is 5. The minimum absolute atomic E-state index is 0.0249. The number of hydrogen-bond donors (Lipinski definition) is 0. The summed E-state index contributed by atoms with van der Waals surface area (Å²) in [5.41, 5.74) is 2.26. The maximum absolute atomic E-state index is 13.5. The lowest BCUT2D eigenvalue weighted by Crippen LogP contribution is -2.39. The van der Waals surface area contributed by atoms with Gasteiger partial charge in [0.15, 0.2) is 0 Å². The largest absolute Gasteiger partial charge is 0.455 e. The summed E-state index contributed by atoms with van der Waals surface area (Å²) in [6.45, 7) is 10.7. The van der Waals surface area contributed by atoms with Crippen molar-refractivity contribution < 1.29 is 23.2 Å². The Balaban J connectivity index is 1.71. The molecule has 182 valence electrons. The van der Waals surface area contributed by atoms with Crippen molar-refractivity contribution >= 4 is 26.0 Å². The van der Waals surface area contributed by atoms with Crippen LogP contribution >= 0.6 is 0 Å². The fourth-order valence-electron chi connectivity index (χ4n) is 3.34. The molecule has 2 amide bonds. The van der Waals surface area contributed by atoms with E-state index in [-0.39, 0.29) is 29.8 Å². The van der Waals surface area contributed by atoms with Crippen LogP contribution in [0.5, 0.6) is 0 Å². The summed E-state index contributed by atoms with van der Waals surface area (Å²) < 4.78 is 24.7. The van der Waals surface area contributed by atoms with Gasteiger partial charge in [0.1, 0.15) is 18.5 Å². The highest BCUT2D eigenvalue weighted by Gasteiger charge is 2.40. The highest BCUT2D eigenvalue weighted by molar-refractivity contribution is 6.74. The summed E-state index contributed by atoms with van der Waals surface area (Å²) in [5.74, 6) is -0.622. The van der Waals surface area contributed by atoms with Gasteiger partial charge in [-0.1, -0.05) is 63.2 Å². The van der Waals surface area contributed by atoms with Crippen LogP contribution in [-0.4, -0.2) is 37.5 Å². The number of rotatable bonds is 8. The number of amides is 2. The number of ether oxygens (including phenoxy) is 1. The lowest BCUT2D eigenvalue weighted by atomic mass is 10.0. The molecule has 1 fully saturated rings. The second-order valence-electron chi connectivity index (χ2n) is 10.0. The molecule has 2 aromatic rings. The molecule has 1 aliphatic rings. The first-order chi connectivity index (χ1) is 16.0. The quantitative estimate of drug-likeness (QED) is 0.246. The van der Waals surface area contributed by atoms with Gasteiger partial charge in [-0.05, 0) is 54.2 Å². The van der Waals surface area contributed by atoms with Crippen molar-refractivity contribution in [2.24, 2.45) is 5.16 Å². The van der Waals surface area contributed by atoms with Crippen molar-refractivity contribution in [1.29, 1.82) is 0 Å². The number of halogens is 1. The zero-order valence-electron chi connectivity index (χ0n) is 20.5. The molecule has 3 rings (SSSR count). The molecule has 1 atom stereocenters. The average molecular weight is 485 g/mol. The SMILES string of the molecule is CC(C)(C)[Si](C)(C)ON=C(CCCC(=O)N1C(=O)OCC1c1ccccc1)c1ccc(F)cc1. The molecule has 1 aliphatic heterocycles. The molecule has 0 radical (unpaired) electrons. The van der Waals surface area contributed by atoms with Crippen LogP contribution in [0.1, 0.15) is 57.2 Å². The fraction of sp³-hybridized carbons (Fsp3) is 0.423. The lowest BCUT2D eigenvalue weighted by Gasteiger charge is -2.33. The second-order valence-corrected chi connectivity index (χ2v) is 14.7. The van der Waals surface area contributed by atoms with Gasteiger partial charge in [-0.15, -0.1) is 5.16 Å². The van der Waals surface area contributed by atoms with E-state index in [1.54, 1.807) is 12.1 Å². The Morgan fingerprint density at radius 1 is 1.12 bits per heavy atom. The Morgan fingerprint density at radius 3 is 2.38 bits per heavy atom. The van der Waals surface area contributed by atoms with Crippen molar-refractivity contribution in [2.45, 2.75) is 64.2 Å². The highest BCUT2D eigenvalue weighted by Crippen LogP contribution is 2.37. The number of imide groups is 1. The smallest absolute Gasteiger partial charge is 0.417 e. The number of benzene rings is 2. The summed E-state index contributed by atoms with van der Waals surface area (Å²) in [4.78, 5) is 26.4. The Hall–Kier alpha value is -3.00. The normalized spacial score (nSPS) is 17.0. The van der Waals surface area contributed by atoms with E-state index in [0.29, 0.717) is 18.6 Å². The van der Waals surface area contributed by atoms with Crippen LogP contribution in [0.4, 0.5) is 9.18 Å². The summed E-state index contributed by atoms with van der Waals surface area (Å²) in [6, 6.07) is 15.0. The molecule has 0 N–H and O–H groups in total. The molecule has 8 heteroatoms. The molecule has 0 aliphatic carbocycles. The molecule has 1 saturated heterocycles. The summed E-state index contributed by atoms with van der Waals surface area (Å²) in [5, 5.41) is 4.45. The van der Waals surface area contributed by atoms with Crippen LogP contribution in [-0.2, 0) is 14.1 Å². The maximum atomic E-state index is 13.5. The Morgan fingerprint density at radius 2 is 1.76 bits per heavy atom. The number of carbonyl (C=O) groups is 2. The van der Waals surface area contributed by atoms with Crippen molar-refractivity contribution in [3.63, 3.8) is 0 Å². The topological polar surface area (TPSA) is 68.2 Å². The Bertz CT molecular complexity index is 1030. The zero-order chi connectivity index (χ0) is 24.9. The first-order valence-electron chi connectivity index (χ1n) is 11.5. The Kier molecular flexibility index (Phi) is 7.92. The van der Waals surface area contributed by atoms with E-state index >= 15 is 0 Å². The van der Waals surface area contributed by atoms with Gasteiger partial charge in [0.05, 0.1) is 5.71 Å². The second kappa shape index (κ2) is 10.5. The third-order valence-corrected chi connectivity index (χ3v) is 10.7. The van der Waals surface area contributed by atoms with Crippen molar-refractivity contribution in [3.05, 3.63) is 71.5 Å². The van der Waals surface area contributed by atoms with Crippen LogP contribution in [0, 0.1) is 5.82 Å². The van der Waals surface area contributed by atoms with E-state index < -0.39 is 20.5 Å². The molecule has 34 heavy (non-hydrogen) atoms. The summed E-state index contributed by atoms with van der Waals surface area (Å²) in [7, 11) is -2.15. The minimum Gasteiger partial charge on any atom is -0.455 e. The maximum Gasteiger partial charge on any atom is 0.417 e. The first kappa shape index (κ1) is 25.6. The third-order valence-electron chi connectivity index (χ3n) is 6.50. The van der Waals surface area contributed by atoms with Gasteiger partial charge in [-0.25, -0.2) is 14.1 Å². The van der Waals surface area contributed by atoms with Gasteiger partial charge >= 0.3 is 6.09 Å². The number of oxime groups is 1. The van der Waals surface area contributed by atoms with Crippen molar-refractivity contribution in [3.8, 4) is 0 Å². The van der Waals surface area contributed by atoms with Crippen LogP contribution in [0.3, 0.4) is 0 Å². The molecule has 0 saturated carbocycles. The molecule has 0 bridgehead atoms. The molecule has 2 aromatic carbocycles. The fourth-order valence-corrected chi connectivity index (χ4v) is 3.95. The monoisotopic (exact) mass is 484 g/mol. The van der Waals surface area contributed by atoms with Gasteiger partial charge in [-0.2, -0.15) is 0 Å². The van der Waals surface area contributed by atoms with Crippen molar-refractivity contribution in [1.82, 2.24) is 4.90 Å². The molecular formula is C26H33FN2O4Si. The molecule has 0 aromatic heterocycles. The average Bonchev–Trinajstić information content (AvgIpc) is 3.18.